The Morgan fingerprint density at radius 2 is 1.18 bits per heavy atom. The van der Waals surface area contributed by atoms with Gasteiger partial charge in [-0.3, -0.25) is 0 Å². The van der Waals surface area contributed by atoms with Gasteiger partial charge in [0.1, 0.15) is 0 Å². The molecule has 0 amide bonds. The van der Waals surface area contributed by atoms with Gasteiger partial charge in [0.25, 0.3) is 0 Å². The van der Waals surface area contributed by atoms with E-state index in [0.29, 0.717) is 6.42 Å². The number of hydrogen-bond acceptors (Lipinski definition) is 2. The minimum absolute atomic E-state index is 0.151. The highest BCUT2D eigenvalue weighted by Crippen LogP contribution is 2.01. The van der Waals surface area contributed by atoms with Crippen molar-refractivity contribution in [3.63, 3.8) is 0 Å². The Morgan fingerprint density at radius 1 is 0.727 bits per heavy atom. The normalized spacial score (nSPS) is 12.4. The third-order valence-electron chi connectivity index (χ3n) is 3.21. The van der Waals surface area contributed by atoms with Crippen molar-refractivity contribution in [2.75, 3.05) is 0 Å². The highest BCUT2D eigenvalue weighted by molar-refractivity contribution is 5.64. The molecule has 0 unspecified atom stereocenters. The van der Waals surface area contributed by atoms with Gasteiger partial charge >= 0.3 is 0 Å². The average molecular weight is 303 g/mol. The monoisotopic (exact) mass is 303 g/mol. The summed E-state index contributed by atoms with van der Waals surface area (Å²) in [5.74, 6) is -0.962. The molecular weight excluding hydrogens is 272 g/mol. The molecule has 0 saturated heterocycles. The third-order valence-corrected chi connectivity index (χ3v) is 3.21. The second-order valence-corrected chi connectivity index (χ2v) is 5.35. The first-order valence-corrected chi connectivity index (χ1v) is 8.57. The smallest absolute Gasteiger partial charge is 0.0414 e. The average Bonchev–Trinajstić information content (AvgIpc) is 2.50. The lowest BCUT2D eigenvalue weighted by Gasteiger charge is -1.97. The number of allylic oxidation sites excluding steroid dienone is 8. The molecule has 0 aromatic rings. The highest BCUT2D eigenvalue weighted by Gasteiger charge is 1.84. The van der Waals surface area contributed by atoms with E-state index >= 15 is 0 Å². The Labute approximate surface area is 136 Å². The van der Waals surface area contributed by atoms with E-state index in [2.05, 4.69) is 49.5 Å². The first-order chi connectivity index (χ1) is 10.8. The summed E-state index contributed by atoms with van der Waals surface area (Å²) < 4.78 is 0. The molecule has 124 valence electrons. The number of unbranched alkanes of at least 4 members (excludes halogenated alkanes) is 4. The SMILES string of the molecule is CCCCC/C=C/C/C=C/C/C=C/C/C=C/CCCC(=O)[O-]. The third kappa shape index (κ3) is 18.4. The lowest BCUT2D eigenvalue weighted by atomic mass is 10.2. The van der Waals surface area contributed by atoms with Gasteiger partial charge < -0.3 is 9.90 Å². The first kappa shape index (κ1) is 20.4. The number of carboxylic acids is 1. The largest absolute Gasteiger partial charge is 0.550 e. The van der Waals surface area contributed by atoms with E-state index in [0.717, 1.165) is 25.7 Å². The molecule has 0 fully saturated rings. The van der Waals surface area contributed by atoms with Crippen LogP contribution < -0.4 is 5.11 Å². The molecule has 0 atom stereocenters. The van der Waals surface area contributed by atoms with E-state index in [9.17, 15) is 9.90 Å². The van der Waals surface area contributed by atoms with Crippen LogP contribution in [0.1, 0.15) is 71.1 Å². The van der Waals surface area contributed by atoms with Crippen LogP contribution in [-0.2, 0) is 4.79 Å². The van der Waals surface area contributed by atoms with Crippen LogP contribution >= 0.6 is 0 Å². The molecule has 0 saturated carbocycles. The topological polar surface area (TPSA) is 40.1 Å². The van der Waals surface area contributed by atoms with Gasteiger partial charge in [-0.25, -0.2) is 0 Å². The van der Waals surface area contributed by atoms with Crippen molar-refractivity contribution >= 4 is 5.97 Å². The molecule has 0 heterocycles. The van der Waals surface area contributed by atoms with Crippen molar-refractivity contribution in [3.05, 3.63) is 48.6 Å². The number of carbonyl (C=O) groups excluding carboxylic acids is 1. The van der Waals surface area contributed by atoms with E-state index in [-0.39, 0.29) is 6.42 Å². The number of carbonyl (C=O) groups is 1. The van der Waals surface area contributed by atoms with Crippen LogP contribution in [0.15, 0.2) is 48.6 Å². The van der Waals surface area contributed by atoms with Crippen LogP contribution in [0, 0.1) is 0 Å². The maximum atomic E-state index is 10.2. The molecule has 0 bridgehead atoms. The minimum atomic E-state index is -0.962. The van der Waals surface area contributed by atoms with Crippen molar-refractivity contribution in [3.8, 4) is 0 Å². The van der Waals surface area contributed by atoms with Crippen molar-refractivity contribution in [2.24, 2.45) is 0 Å². The molecule has 0 aliphatic heterocycles. The van der Waals surface area contributed by atoms with E-state index in [1.54, 1.807) is 0 Å². The molecule has 2 heteroatoms. The van der Waals surface area contributed by atoms with E-state index in [4.69, 9.17) is 0 Å². The lowest BCUT2D eigenvalue weighted by molar-refractivity contribution is -0.305. The fraction of sp³-hybridized carbons (Fsp3) is 0.550. The Bertz CT molecular complexity index is 362. The molecule has 0 aromatic heterocycles. The lowest BCUT2D eigenvalue weighted by Crippen LogP contribution is -2.21. The quantitative estimate of drug-likeness (QED) is 0.339. The Balaban J connectivity index is 3.40. The zero-order valence-corrected chi connectivity index (χ0v) is 14.0. The van der Waals surface area contributed by atoms with Crippen molar-refractivity contribution in [1.29, 1.82) is 0 Å². The number of carboxylic acid groups (broad SMARTS) is 1. The Kier molecular flexibility index (Phi) is 16.2. The fourth-order valence-corrected chi connectivity index (χ4v) is 1.93. The highest BCUT2D eigenvalue weighted by atomic mass is 16.4. The number of hydrogen-bond donors (Lipinski definition) is 0. The van der Waals surface area contributed by atoms with Crippen molar-refractivity contribution in [2.45, 2.75) is 71.1 Å². The summed E-state index contributed by atoms with van der Waals surface area (Å²) >= 11 is 0. The Hall–Kier alpha value is -1.57. The van der Waals surface area contributed by atoms with Gasteiger partial charge in [0.05, 0.1) is 0 Å². The molecular formula is C20H31O2-. The van der Waals surface area contributed by atoms with E-state index in [1.165, 1.54) is 25.7 Å². The molecule has 0 radical (unpaired) electrons. The molecule has 0 rings (SSSR count). The predicted molar refractivity (Wildman–Crippen MR) is 93.4 cm³/mol. The summed E-state index contributed by atoms with van der Waals surface area (Å²) in [7, 11) is 0. The molecule has 0 aliphatic rings. The summed E-state index contributed by atoms with van der Waals surface area (Å²) in [6.07, 6.45) is 27.0. The van der Waals surface area contributed by atoms with Gasteiger partial charge in [-0.15, -0.1) is 0 Å². The summed E-state index contributed by atoms with van der Waals surface area (Å²) in [5.41, 5.74) is 0. The molecule has 0 N–H and O–H groups in total. The van der Waals surface area contributed by atoms with Crippen molar-refractivity contribution < 1.29 is 9.90 Å². The number of aliphatic carboxylic acids is 1. The summed E-state index contributed by atoms with van der Waals surface area (Å²) in [4.78, 5) is 10.2. The maximum absolute atomic E-state index is 10.2. The summed E-state index contributed by atoms with van der Waals surface area (Å²) in [6, 6.07) is 0. The van der Waals surface area contributed by atoms with Crippen molar-refractivity contribution in [1.82, 2.24) is 0 Å². The maximum Gasteiger partial charge on any atom is 0.0414 e. The molecule has 22 heavy (non-hydrogen) atoms. The van der Waals surface area contributed by atoms with E-state index in [1.807, 2.05) is 6.08 Å². The van der Waals surface area contributed by atoms with Crippen LogP contribution in [0.3, 0.4) is 0 Å². The van der Waals surface area contributed by atoms with Gasteiger partial charge in [-0.2, -0.15) is 0 Å². The van der Waals surface area contributed by atoms with E-state index < -0.39 is 5.97 Å². The predicted octanol–water partition coefficient (Wildman–Crippen LogP) is 4.88. The first-order valence-electron chi connectivity index (χ1n) is 8.57. The summed E-state index contributed by atoms with van der Waals surface area (Å²) in [6.45, 7) is 2.23. The summed E-state index contributed by atoms with van der Waals surface area (Å²) in [5, 5.41) is 10.2. The van der Waals surface area contributed by atoms with Crippen LogP contribution in [-0.4, -0.2) is 5.97 Å². The fourth-order valence-electron chi connectivity index (χ4n) is 1.93. The second-order valence-electron chi connectivity index (χ2n) is 5.35. The zero-order chi connectivity index (χ0) is 16.3. The number of rotatable bonds is 14. The van der Waals surface area contributed by atoms with Gasteiger partial charge in [0.2, 0.25) is 0 Å². The van der Waals surface area contributed by atoms with Gasteiger partial charge in [-0.05, 0) is 51.4 Å². The second kappa shape index (κ2) is 17.5. The zero-order valence-electron chi connectivity index (χ0n) is 14.0. The minimum Gasteiger partial charge on any atom is -0.550 e. The van der Waals surface area contributed by atoms with Gasteiger partial charge in [-0.1, -0.05) is 68.4 Å². The van der Waals surface area contributed by atoms with Gasteiger partial charge in [0.15, 0.2) is 0 Å². The molecule has 2 nitrogen and oxygen atoms in total. The van der Waals surface area contributed by atoms with Crippen LogP contribution in [0.25, 0.3) is 0 Å². The Morgan fingerprint density at radius 3 is 1.64 bits per heavy atom. The molecule has 0 spiro atoms. The standard InChI is InChI=1S/C20H32O2/c1-2-3-4-5-6-7-8-9-10-11-12-13-14-15-16-17-18-19-20(21)22/h6-7,9-10,12-13,15-16H,2-5,8,11,14,17-19H2,1H3,(H,21,22)/p-1/b7-6+,10-9+,13-12+,16-15+. The van der Waals surface area contributed by atoms with Crippen LogP contribution in [0.2, 0.25) is 0 Å². The van der Waals surface area contributed by atoms with Crippen LogP contribution in [0.5, 0.6) is 0 Å². The molecule has 0 aromatic carbocycles. The molecule has 0 aliphatic carbocycles. The van der Waals surface area contributed by atoms with Gasteiger partial charge in [0, 0.05) is 5.97 Å². The van der Waals surface area contributed by atoms with Crippen LogP contribution in [0.4, 0.5) is 0 Å².